The maximum absolute atomic E-state index is 13.3. The normalized spacial score (nSPS) is 19.3. The summed E-state index contributed by atoms with van der Waals surface area (Å²) < 4.78 is 44.7. The molecule has 0 saturated carbocycles. The van der Waals surface area contributed by atoms with E-state index < -0.39 is 34.4 Å². The van der Waals surface area contributed by atoms with E-state index in [9.17, 15) is 22.8 Å². The van der Waals surface area contributed by atoms with Gasteiger partial charge < -0.3 is 4.74 Å². The first-order valence-corrected chi connectivity index (χ1v) is 9.38. The Kier molecular flexibility index (Phi) is 6.80. The molecule has 1 fully saturated rings. The van der Waals surface area contributed by atoms with E-state index in [2.05, 4.69) is 17.6 Å². The highest BCUT2D eigenvalue weighted by Crippen LogP contribution is 2.39. The Morgan fingerprint density at radius 1 is 1.45 bits per heavy atom. The van der Waals surface area contributed by atoms with Crippen molar-refractivity contribution in [2.24, 2.45) is 0 Å². The second-order valence-corrected chi connectivity index (χ2v) is 7.34. The lowest BCUT2D eigenvalue weighted by Gasteiger charge is -2.30. The van der Waals surface area contributed by atoms with Crippen molar-refractivity contribution < 1.29 is 27.5 Å². The molecule has 1 aliphatic heterocycles. The van der Waals surface area contributed by atoms with Crippen LogP contribution in [0.15, 0.2) is 12.3 Å². The van der Waals surface area contributed by atoms with Gasteiger partial charge in [0.25, 0.3) is 0 Å². The molecule has 2 heterocycles. The number of anilines is 1. The minimum Gasteiger partial charge on any atom is -0.466 e. The maximum atomic E-state index is 13.3. The zero-order chi connectivity index (χ0) is 22.0. The molecule has 0 aromatic carbocycles. The minimum absolute atomic E-state index is 0.109. The predicted octanol–water partition coefficient (Wildman–Crippen LogP) is 2.96. The van der Waals surface area contributed by atoms with E-state index in [0.29, 0.717) is 13.0 Å². The molecule has 0 N–H and O–H groups in total. The molecule has 0 spiro atoms. The zero-order valence-electron chi connectivity index (χ0n) is 16.2. The third-order valence-corrected chi connectivity index (χ3v) is 5.13. The number of alkyl halides is 3. The van der Waals surface area contributed by atoms with Crippen molar-refractivity contribution in [2.75, 3.05) is 18.1 Å². The van der Waals surface area contributed by atoms with Gasteiger partial charge >= 0.3 is 12.1 Å². The van der Waals surface area contributed by atoms with Crippen LogP contribution in [0.25, 0.3) is 0 Å². The molecule has 0 aliphatic carbocycles. The fourth-order valence-corrected chi connectivity index (χ4v) is 3.76. The quantitative estimate of drug-likeness (QED) is 0.552. The number of aromatic nitrogens is 1. The van der Waals surface area contributed by atoms with Gasteiger partial charge in [0.2, 0.25) is 5.91 Å². The fraction of sp³-hybridized carbons (Fsp3) is 0.556. The zero-order valence-corrected chi connectivity index (χ0v) is 17.0. The summed E-state index contributed by atoms with van der Waals surface area (Å²) in [6.45, 7) is 5.53. The first-order chi connectivity index (χ1) is 13.4. The Hall–Kier alpha value is -2.32. The molecule has 7 nitrogen and oxygen atoms in total. The van der Waals surface area contributed by atoms with Crippen LogP contribution in [-0.2, 0) is 20.5 Å². The molecule has 1 saturated heterocycles. The van der Waals surface area contributed by atoms with Gasteiger partial charge in [0.05, 0.1) is 29.6 Å². The molecule has 158 valence electrons. The lowest BCUT2D eigenvalue weighted by molar-refractivity contribution is -0.143. The molecule has 0 bridgehead atoms. The second kappa shape index (κ2) is 8.59. The van der Waals surface area contributed by atoms with Crippen molar-refractivity contribution in [1.29, 1.82) is 5.26 Å². The molecule has 2 rings (SSSR count). The number of thiol groups is 1. The molecule has 1 amide bonds. The fourth-order valence-electron chi connectivity index (χ4n) is 3.11. The van der Waals surface area contributed by atoms with Crippen LogP contribution in [0.1, 0.15) is 44.9 Å². The highest BCUT2D eigenvalue weighted by Gasteiger charge is 2.51. The molecule has 1 atom stereocenters. The van der Waals surface area contributed by atoms with Crippen LogP contribution >= 0.6 is 12.6 Å². The van der Waals surface area contributed by atoms with Crippen LogP contribution in [0.3, 0.4) is 0 Å². The van der Waals surface area contributed by atoms with Crippen LogP contribution in [-0.4, -0.2) is 45.9 Å². The van der Waals surface area contributed by atoms with Crippen LogP contribution in [0, 0.1) is 11.3 Å². The van der Waals surface area contributed by atoms with E-state index in [1.54, 1.807) is 25.7 Å². The Bertz CT molecular complexity index is 839. The summed E-state index contributed by atoms with van der Waals surface area (Å²) in [5.74, 6) is -0.831. The van der Waals surface area contributed by atoms with Gasteiger partial charge in [-0.1, -0.05) is 0 Å². The molecular formula is C18H21F3N4O3S. The number of esters is 1. The predicted molar refractivity (Wildman–Crippen MR) is 101 cm³/mol. The molecule has 11 heteroatoms. The molecule has 1 unspecified atom stereocenters. The van der Waals surface area contributed by atoms with Crippen molar-refractivity contribution >= 4 is 30.2 Å². The van der Waals surface area contributed by atoms with Crippen LogP contribution in [0.4, 0.5) is 18.9 Å². The third-order valence-electron chi connectivity index (χ3n) is 4.62. The second-order valence-electron chi connectivity index (χ2n) is 6.88. The molecule has 1 aliphatic rings. The van der Waals surface area contributed by atoms with Gasteiger partial charge in [-0.05, 0) is 33.3 Å². The molecular weight excluding hydrogens is 409 g/mol. The summed E-state index contributed by atoms with van der Waals surface area (Å²) in [6, 6.07) is 2.14. The third kappa shape index (κ3) is 4.64. The smallest absolute Gasteiger partial charge is 0.419 e. The van der Waals surface area contributed by atoms with Crippen LogP contribution in [0.5, 0.6) is 0 Å². The molecule has 1 aromatic rings. The topological polar surface area (TPSA) is 86.5 Å². The van der Waals surface area contributed by atoms with Crippen LogP contribution < -0.4 is 4.90 Å². The van der Waals surface area contributed by atoms with Crippen molar-refractivity contribution in [3.05, 3.63) is 23.5 Å². The number of pyridine rings is 1. The summed E-state index contributed by atoms with van der Waals surface area (Å²) in [5.41, 5.74) is -4.02. The average molecular weight is 430 g/mol. The number of rotatable bonds is 6. The van der Waals surface area contributed by atoms with Gasteiger partial charge in [0.1, 0.15) is 11.6 Å². The molecule has 1 aromatic heterocycles. The Labute approximate surface area is 171 Å². The van der Waals surface area contributed by atoms with Gasteiger partial charge in [-0.2, -0.15) is 18.4 Å². The van der Waals surface area contributed by atoms with Crippen LogP contribution in [0.2, 0.25) is 0 Å². The highest BCUT2D eigenvalue weighted by atomic mass is 32.1. The number of hydrogen-bond acceptors (Lipinski definition) is 7. The molecule has 29 heavy (non-hydrogen) atoms. The number of nitriles is 1. The molecule has 0 radical (unpaired) electrons. The van der Waals surface area contributed by atoms with E-state index >= 15 is 0 Å². The largest absolute Gasteiger partial charge is 0.466 e. The maximum Gasteiger partial charge on any atom is 0.419 e. The van der Waals surface area contributed by atoms with Crippen molar-refractivity contribution in [2.45, 2.75) is 50.8 Å². The standard InChI is InChI=1S/C18H21F3N4O3S/c1-4-28-14(26)6-5-7-24-16(29)25(15(27)17(24,2)3)11-8-12(18(19,20)21)13(9-22)23-10-11/h8,10,16,29H,4-7H2,1-3H3. The number of amides is 1. The van der Waals surface area contributed by atoms with E-state index in [1.165, 1.54) is 6.07 Å². The summed E-state index contributed by atoms with van der Waals surface area (Å²) in [5, 5.41) is 8.89. The summed E-state index contributed by atoms with van der Waals surface area (Å²) in [4.78, 5) is 30.8. The average Bonchev–Trinajstić information content (AvgIpc) is 2.80. The summed E-state index contributed by atoms with van der Waals surface area (Å²) in [7, 11) is 0. The number of carbonyl (C=O) groups is 2. The summed E-state index contributed by atoms with van der Waals surface area (Å²) in [6.07, 6.45) is -3.21. The highest BCUT2D eigenvalue weighted by molar-refractivity contribution is 7.81. The van der Waals surface area contributed by atoms with Gasteiger partial charge in [-0.15, -0.1) is 12.6 Å². The number of ether oxygens (including phenoxy) is 1. The first kappa shape index (κ1) is 23.0. The Balaban J connectivity index is 2.30. The Morgan fingerprint density at radius 2 is 2.10 bits per heavy atom. The van der Waals surface area contributed by atoms with Gasteiger partial charge in [0.15, 0.2) is 5.69 Å². The lowest BCUT2D eigenvalue weighted by Crippen LogP contribution is -2.45. The van der Waals surface area contributed by atoms with E-state index in [4.69, 9.17) is 10.00 Å². The number of carbonyl (C=O) groups excluding carboxylic acids is 2. The van der Waals surface area contributed by atoms with Crippen molar-refractivity contribution in [1.82, 2.24) is 9.88 Å². The van der Waals surface area contributed by atoms with Gasteiger partial charge in [0, 0.05) is 13.0 Å². The number of halogens is 3. The van der Waals surface area contributed by atoms with E-state index in [1.807, 2.05) is 0 Å². The first-order valence-electron chi connectivity index (χ1n) is 8.86. The Morgan fingerprint density at radius 3 is 2.66 bits per heavy atom. The van der Waals surface area contributed by atoms with Gasteiger partial charge in [-0.25, -0.2) is 4.98 Å². The SMILES string of the molecule is CCOC(=O)CCCN1C(S)N(c2cnc(C#N)c(C(F)(F)F)c2)C(=O)C1(C)C. The summed E-state index contributed by atoms with van der Waals surface area (Å²) >= 11 is 4.43. The number of nitrogens with zero attached hydrogens (tertiary/aromatic N) is 4. The van der Waals surface area contributed by atoms with E-state index in [-0.39, 0.29) is 24.7 Å². The monoisotopic (exact) mass is 430 g/mol. The van der Waals surface area contributed by atoms with E-state index in [0.717, 1.165) is 17.2 Å². The van der Waals surface area contributed by atoms with Crippen molar-refractivity contribution in [3.63, 3.8) is 0 Å². The lowest BCUT2D eigenvalue weighted by atomic mass is 10.0. The van der Waals surface area contributed by atoms with Crippen molar-refractivity contribution in [3.8, 4) is 6.07 Å². The number of hydrogen-bond donors (Lipinski definition) is 1. The minimum atomic E-state index is -4.79. The van der Waals surface area contributed by atoms with Gasteiger partial charge in [-0.3, -0.25) is 19.4 Å².